The Labute approximate surface area is 319 Å². The summed E-state index contributed by atoms with van der Waals surface area (Å²) < 4.78 is 17.8. The highest BCUT2D eigenvalue weighted by Crippen LogP contribution is 2.46. The van der Waals surface area contributed by atoms with Crippen molar-refractivity contribution in [2.24, 2.45) is 0 Å². The van der Waals surface area contributed by atoms with Crippen molar-refractivity contribution in [3.05, 3.63) is 194 Å². The number of hydrogen-bond donors (Lipinski definition) is 0. The lowest BCUT2D eigenvalue weighted by Gasteiger charge is -2.22. The van der Waals surface area contributed by atoms with Crippen LogP contribution in [-0.2, 0) is 11.0 Å². The van der Waals surface area contributed by atoms with Crippen LogP contribution in [0.15, 0.2) is 188 Å². The first kappa shape index (κ1) is 33.0. The van der Waals surface area contributed by atoms with E-state index >= 15 is 4.57 Å². The van der Waals surface area contributed by atoms with Gasteiger partial charge < -0.3 is 4.57 Å². The second-order valence-corrected chi connectivity index (χ2v) is 16.7. The molecule has 8 aromatic carbocycles. The molecule has 0 saturated carbocycles. The Balaban J connectivity index is 1.15. The van der Waals surface area contributed by atoms with E-state index in [4.69, 9.17) is 9.97 Å². The molecular weight excluding hydrogens is 690 g/mol. The van der Waals surface area contributed by atoms with Crippen molar-refractivity contribution >= 4 is 66.5 Å². The minimum Gasteiger partial charge on any atom is -0.309 e. The predicted molar refractivity (Wildman–Crippen MR) is 231 cm³/mol. The Kier molecular flexibility index (Phi) is 8.01. The van der Waals surface area contributed by atoms with Crippen molar-refractivity contribution in [2.75, 3.05) is 0 Å². The molecule has 0 spiro atoms. The third-order valence-electron chi connectivity index (χ3n) is 10.8. The third-order valence-corrected chi connectivity index (χ3v) is 14.0. The number of aryl methyl sites for hydroxylation is 1. The van der Waals surface area contributed by atoms with Crippen LogP contribution < -0.4 is 15.9 Å². The number of fused-ring (bicyclic) bond motifs is 6. The maximum Gasteiger partial charge on any atom is 0.171 e. The monoisotopic (exact) mass is 725 g/mol. The minimum atomic E-state index is -3.19. The quantitative estimate of drug-likeness (QED) is 0.121. The summed E-state index contributed by atoms with van der Waals surface area (Å²) in [7, 11) is -3.19. The molecule has 0 aliphatic heterocycles. The third kappa shape index (κ3) is 5.33. The van der Waals surface area contributed by atoms with Gasteiger partial charge in [-0.25, -0.2) is 9.97 Å². The fourth-order valence-electron chi connectivity index (χ4n) is 8.26. The highest BCUT2D eigenvalue weighted by atomic mass is 31.2. The molecule has 0 atom stereocenters. The van der Waals surface area contributed by atoms with Crippen LogP contribution >= 0.6 is 7.14 Å². The molecule has 0 N–H and O–H groups in total. The summed E-state index contributed by atoms with van der Waals surface area (Å²) in [5.74, 6) is 1.02. The summed E-state index contributed by atoms with van der Waals surface area (Å²) in [5, 5.41) is 7.86. The SMILES string of the molecule is CCc1nc2c3c(-c4ccc(-c5ccc(P(=O)(c6ccccc6)c6ccccc6)c6ccccc56)cc4)nc4ccccc4c3ccc2n1-c1ccccc1. The Hall–Kier alpha value is -6.61. The van der Waals surface area contributed by atoms with Crippen LogP contribution in [0.4, 0.5) is 0 Å². The molecule has 0 bridgehead atoms. The molecular formula is C50H36N3OP. The molecule has 2 aromatic heterocycles. The first-order chi connectivity index (χ1) is 27.1. The lowest BCUT2D eigenvalue weighted by atomic mass is 9.95. The molecule has 0 unspecified atom stereocenters. The zero-order valence-electron chi connectivity index (χ0n) is 30.3. The van der Waals surface area contributed by atoms with Gasteiger partial charge in [0.2, 0.25) is 0 Å². The highest BCUT2D eigenvalue weighted by Gasteiger charge is 2.31. The maximum atomic E-state index is 15.5. The first-order valence-corrected chi connectivity index (χ1v) is 20.5. The fraction of sp³-hybridized carbons (Fsp3) is 0.0400. The number of nitrogens with zero attached hydrogens (tertiary/aromatic N) is 3. The van der Waals surface area contributed by atoms with E-state index in [1.807, 2.05) is 72.8 Å². The van der Waals surface area contributed by atoms with Gasteiger partial charge in [0.1, 0.15) is 5.82 Å². The van der Waals surface area contributed by atoms with E-state index in [2.05, 4.69) is 127 Å². The maximum absolute atomic E-state index is 15.5. The molecule has 10 aromatic rings. The van der Waals surface area contributed by atoms with Crippen LogP contribution in [-0.4, -0.2) is 14.5 Å². The average molecular weight is 726 g/mol. The molecule has 4 nitrogen and oxygen atoms in total. The summed E-state index contributed by atoms with van der Waals surface area (Å²) in [6.45, 7) is 2.16. The van der Waals surface area contributed by atoms with E-state index < -0.39 is 7.14 Å². The highest BCUT2D eigenvalue weighted by molar-refractivity contribution is 7.85. The van der Waals surface area contributed by atoms with E-state index in [0.717, 1.165) is 99.7 Å². The van der Waals surface area contributed by atoms with Gasteiger partial charge in [-0.2, -0.15) is 0 Å². The zero-order valence-corrected chi connectivity index (χ0v) is 31.2. The van der Waals surface area contributed by atoms with Crippen molar-refractivity contribution in [3.8, 4) is 28.1 Å². The number of para-hydroxylation sites is 2. The summed E-state index contributed by atoms with van der Waals surface area (Å²) in [6.07, 6.45) is 0.801. The molecule has 0 saturated heterocycles. The zero-order chi connectivity index (χ0) is 36.9. The van der Waals surface area contributed by atoms with Gasteiger partial charge in [0.25, 0.3) is 0 Å². The van der Waals surface area contributed by atoms with Crippen LogP contribution in [0.1, 0.15) is 12.7 Å². The molecule has 0 amide bonds. The normalized spacial score (nSPS) is 11.9. The fourth-order valence-corrected chi connectivity index (χ4v) is 11.1. The molecule has 2 heterocycles. The second kappa shape index (κ2) is 13.4. The molecule has 55 heavy (non-hydrogen) atoms. The van der Waals surface area contributed by atoms with E-state index in [1.165, 1.54) is 0 Å². The lowest BCUT2D eigenvalue weighted by Crippen LogP contribution is -2.25. The number of aromatic nitrogens is 3. The van der Waals surface area contributed by atoms with Gasteiger partial charge in [-0.15, -0.1) is 0 Å². The second-order valence-electron chi connectivity index (χ2n) is 13.9. The van der Waals surface area contributed by atoms with Gasteiger partial charge in [-0.1, -0.05) is 165 Å². The number of pyridine rings is 1. The van der Waals surface area contributed by atoms with Gasteiger partial charge in [0, 0.05) is 44.4 Å². The molecule has 0 radical (unpaired) electrons. The van der Waals surface area contributed by atoms with Gasteiger partial charge in [-0.3, -0.25) is 4.57 Å². The Morgan fingerprint density at radius 2 is 1.09 bits per heavy atom. The summed E-state index contributed by atoms with van der Waals surface area (Å²) >= 11 is 0. The Morgan fingerprint density at radius 3 is 1.76 bits per heavy atom. The van der Waals surface area contributed by atoms with Crippen LogP contribution in [0.5, 0.6) is 0 Å². The van der Waals surface area contributed by atoms with Crippen LogP contribution in [0.2, 0.25) is 0 Å². The molecule has 262 valence electrons. The summed E-state index contributed by atoms with van der Waals surface area (Å²) in [5.41, 5.74) is 8.19. The van der Waals surface area contributed by atoms with Crippen molar-refractivity contribution in [2.45, 2.75) is 13.3 Å². The average Bonchev–Trinajstić information content (AvgIpc) is 3.65. The number of imidazole rings is 1. The summed E-state index contributed by atoms with van der Waals surface area (Å²) in [4.78, 5) is 10.6. The molecule has 0 aliphatic rings. The van der Waals surface area contributed by atoms with Crippen molar-refractivity contribution in [3.63, 3.8) is 0 Å². The van der Waals surface area contributed by atoms with Crippen molar-refractivity contribution in [1.82, 2.24) is 14.5 Å². The number of hydrogen-bond acceptors (Lipinski definition) is 3. The van der Waals surface area contributed by atoms with Crippen LogP contribution in [0, 0.1) is 0 Å². The lowest BCUT2D eigenvalue weighted by molar-refractivity contribution is 0.592. The first-order valence-electron chi connectivity index (χ1n) is 18.8. The minimum absolute atomic E-state index is 0.801. The van der Waals surface area contributed by atoms with E-state index in [1.54, 1.807) is 0 Å². The van der Waals surface area contributed by atoms with E-state index in [-0.39, 0.29) is 0 Å². The largest absolute Gasteiger partial charge is 0.309 e. The van der Waals surface area contributed by atoms with E-state index in [0.29, 0.717) is 0 Å². The van der Waals surface area contributed by atoms with Crippen LogP contribution in [0.3, 0.4) is 0 Å². The number of benzene rings is 8. The Morgan fingerprint density at radius 1 is 0.509 bits per heavy atom. The van der Waals surface area contributed by atoms with Crippen LogP contribution in [0.25, 0.3) is 71.6 Å². The van der Waals surface area contributed by atoms with Crippen molar-refractivity contribution in [1.29, 1.82) is 0 Å². The summed E-state index contributed by atoms with van der Waals surface area (Å²) in [6, 6.07) is 64.4. The van der Waals surface area contributed by atoms with Gasteiger partial charge in [0.15, 0.2) is 7.14 Å². The molecule has 0 fully saturated rings. The molecule has 0 aliphatic carbocycles. The predicted octanol–water partition coefficient (Wildman–Crippen LogP) is 11.4. The molecule has 5 heteroatoms. The number of rotatable bonds is 7. The standard InChI is InChI=1S/C50H36N3OP/c1-2-47-52-50-45(53(47)36-16-6-3-7-17-36)32-30-43-41-23-14-15-25-44(41)51-49(48(43)50)35-28-26-34(27-29-35)39-31-33-46(42-24-13-12-22-40(39)42)55(54,37-18-8-4-9-19-37)38-20-10-5-11-21-38/h3-33H,2H2,1H3. The van der Waals surface area contributed by atoms with Crippen molar-refractivity contribution < 1.29 is 4.57 Å². The van der Waals surface area contributed by atoms with Gasteiger partial charge in [0.05, 0.1) is 22.2 Å². The van der Waals surface area contributed by atoms with E-state index in [9.17, 15) is 0 Å². The smallest absolute Gasteiger partial charge is 0.171 e. The molecule has 10 rings (SSSR count). The topological polar surface area (TPSA) is 47.8 Å². The van der Waals surface area contributed by atoms with Gasteiger partial charge in [-0.05, 0) is 57.6 Å². The Bertz CT molecular complexity index is 3040. The van der Waals surface area contributed by atoms with Gasteiger partial charge >= 0.3 is 0 Å².